The Morgan fingerprint density at radius 3 is 1.84 bits per heavy atom. The first kappa shape index (κ1) is 25.4. The number of hydrogen-bond donors (Lipinski definition) is 0. The summed E-state index contributed by atoms with van der Waals surface area (Å²) in [4.78, 5) is 4.55. The number of para-hydroxylation sites is 3. The van der Waals surface area contributed by atoms with Crippen LogP contribution in [0.5, 0.6) is 0 Å². The highest BCUT2D eigenvalue weighted by Gasteiger charge is 2.25. The first-order chi connectivity index (χ1) is 24.3. The monoisotopic (exact) mass is 622 g/mol. The lowest BCUT2D eigenvalue weighted by atomic mass is 10.0. The first-order valence-corrected chi connectivity index (χ1v) is 16.8. The maximum atomic E-state index is 4.55. The van der Waals surface area contributed by atoms with Gasteiger partial charge in [-0.15, -0.1) is 0 Å². The molecule has 0 aliphatic carbocycles. The smallest absolute Gasteiger partial charge is 0.0724 e. The van der Waals surface area contributed by atoms with Crippen LogP contribution < -0.4 is 0 Å². The molecule has 5 heterocycles. The van der Waals surface area contributed by atoms with Crippen LogP contribution in [0, 0.1) is 0 Å². The molecule has 4 heteroatoms. The predicted molar refractivity (Wildman–Crippen MR) is 205 cm³/mol. The van der Waals surface area contributed by atoms with Crippen molar-refractivity contribution in [2.45, 2.75) is 0 Å². The Labute approximate surface area is 279 Å². The number of aromatic nitrogens is 4. The number of fused-ring (bicyclic) bond motifs is 15. The van der Waals surface area contributed by atoms with Crippen molar-refractivity contribution in [3.63, 3.8) is 0 Å². The van der Waals surface area contributed by atoms with E-state index in [0.29, 0.717) is 0 Å². The minimum absolute atomic E-state index is 1.10. The fourth-order valence-corrected chi connectivity index (χ4v) is 8.89. The average Bonchev–Trinajstić information content (AvgIpc) is 3.89. The molecule has 12 aromatic rings. The van der Waals surface area contributed by atoms with E-state index in [9.17, 15) is 0 Å². The minimum atomic E-state index is 1.10. The van der Waals surface area contributed by atoms with Crippen LogP contribution in [0.4, 0.5) is 0 Å². The Balaban J connectivity index is 1.30. The number of benzene rings is 7. The zero-order chi connectivity index (χ0) is 31.8. The maximum absolute atomic E-state index is 4.55. The van der Waals surface area contributed by atoms with E-state index in [-0.39, 0.29) is 0 Å². The van der Waals surface area contributed by atoms with Crippen molar-refractivity contribution in [1.29, 1.82) is 0 Å². The van der Waals surface area contributed by atoms with Gasteiger partial charge in [0.05, 0.1) is 44.8 Å². The van der Waals surface area contributed by atoms with Crippen LogP contribution in [-0.2, 0) is 0 Å². The lowest BCUT2D eigenvalue weighted by Gasteiger charge is -2.14. The van der Waals surface area contributed by atoms with Crippen LogP contribution >= 0.6 is 0 Å². The fraction of sp³-hybridized carbons (Fsp3) is 0. The van der Waals surface area contributed by atoms with Gasteiger partial charge in [0.2, 0.25) is 0 Å². The number of pyridine rings is 1. The molecule has 0 spiro atoms. The third-order valence-electron chi connectivity index (χ3n) is 10.8. The van der Waals surface area contributed by atoms with Gasteiger partial charge in [-0.3, -0.25) is 4.98 Å². The van der Waals surface area contributed by atoms with Crippen molar-refractivity contribution in [1.82, 2.24) is 18.5 Å². The zero-order valence-electron chi connectivity index (χ0n) is 26.3. The Morgan fingerprint density at radius 1 is 0.367 bits per heavy atom. The molecule has 0 aliphatic heterocycles. The summed E-state index contributed by atoms with van der Waals surface area (Å²) in [6.07, 6.45) is 3.88. The van der Waals surface area contributed by atoms with Gasteiger partial charge in [0, 0.05) is 66.0 Å². The van der Waals surface area contributed by atoms with Crippen molar-refractivity contribution in [3.05, 3.63) is 158 Å². The molecule has 0 saturated heterocycles. The third kappa shape index (κ3) is 3.12. The van der Waals surface area contributed by atoms with Crippen molar-refractivity contribution >= 4 is 92.5 Å². The number of rotatable bonds is 2. The van der Waals surface area contributed by atoms with Crippen molar-refractivity contribution in [2.24, 2.45) is 0 Å². The highest BCUT2D eigenvalue weighted by molar-refractivity contribution is 6.35. The van der Waals surface area contributed by atoms with Crippen LogP contribution in [0.1, 0.15) is 0 Å². The van der Waals surface area contributed by atoms with Gasteiger partial charge in [-0.05, 0) is 53.9 Å². The normalized spacial score (nSPS) is 12.5. The summed E-state index contributed by atoms with van der Waals surface area (Å²) >= 11 is 0. The summed E-state index contributed by atoms with van der Waals surface area (Å²) in [7, 11) is 0. The summed E-state index contributed by atoms with van der Waals surface area (Å²) in [5, 5.41) is 12.6. The molecule has 0 aliphatic rings. The van der Waals surface area contributed by atoms with Gasteiger partial charge in [0.25, 0.3) is 0 Å². The Morgan fingerprint density at radius 2 is 1.00 bits per heavy atom. The summed E-state index contributed by atoms with van der Waals surface area (Å²) in [5.74, 6) is 0. The van der Waals surface area contributed by atoms with E-state index in [0.717, 1.165) is 16.9 Å². The second-order valence-electron chi connectivity index (χ2n) is 13.2. The molecule has 0 saturated carbocycles. The molecule has 0 atom stereocenters. The van der Waals surface area contributed by atoms with Crippen LogP contribution in [0.2, 0.25) is 0 Å². The van der Waals surface area contributed by atoms with Crippen molar-refractivity contribution in [3.8, 4) is 11.4 Å². The molecule has 12 rings (SSSR count). The molecular formula is C45H26N4. The van der Waals surface area contributed by atoms with E-state index < -0.39 is 0 Å². The molecule has 49 heavy (non-hydrogen) atoms. The van der Waals surface area contributed by atoms with Crippen LogP contribution in [0.3, 0.4) is 0 Å². The van der Waals surface area contributed by atoms with E-state index in [1.807, 2.05) is 12.4 Å². The Kier molecular flexibility index (Phi) is 4.69. The van der Waals surface area contributed by atoms with Gasteiger partial charge in [0.15, 0.2) is 0 Å². The third-order valence-corrected chi connectivity index (χ3v) is 10.8. The van der Waals surface area contributed by atoms with Crippen molar-refractivity contribution in [2.75, 3.05) is 0 Å². The molecule has 0 amide bonds. The SMILES string of the molecule is c1cc(-n2c3ccccc3c3ccncc32)cc(-n2c3c4ccccc4ccc3c3cc4c5ccccc5n5c6ccccc6c(c32)c45)c1. The average molecular weight is 623 g/mol. The van der Waals surface area contributed by atoms with Crippen molar-refractivity contribution < 1.29 is 0 Å². The van der Waals surface area contributed by atoms with E-state index in [4.69, 9.17) is 0 Å². The van der Waals surface area contributed by atoms with E-state index in [1.54, 1.807) is 0 Å². The van der Waals surface area contributed by atoms with E-state index >= 15 is 0 Å². The van der Waals surface area contributed by atoms with Gasteiger partial charge in [0.1, 0.15) is 0 Å². The van der Waals surface area contributed by atoms with Crippen LogP contribution in [-0.4, -0.2) is 18.5 Å². The molecule has 0 unspecified atom stereocenters. The number of hydrogen-bond acceptors (Lipinski definition) is 1. The van der Waals surface area contributed by atoms with Crippen LogP contribution in [0.15, 0.2) is 158 Å². The Hall–Kier alpha value is -6.65. The number of nitrogens with zero attached hydrogens (tertiary/aromatic N) is 4. The molecular weight excluding hydrogens is 597 g/mol. The maximum Gasteiger partial charge on any atom is 0.0724 e. The standard InChI is InChI=1S/C45H26N4/c1-2-13-30-27(10-1)20-21-34-37-25-36-32-15-4-7-18-39(32)49-40-19-8-5-16-35(40)42(45(36)49)44(37)48(43(30)34)29-12-9-11-28(24-29)47-38-17-6-3-14-31(38)33-22-23-46-26-41(33)47/h1-26H. The van der Waals surface area contributed by atoms with E-state index in [1.165, 1.54) is 87.0 Å². The molecule has 226 valence electrons. The lowest BCUT2D eigenvalue weighted by Crippen LogP contribution is -1.99. The minimum Gasteiger partial charge on any atom is -0.308 e. The van der Waals surface area contributed by atoms with Gasteiger partial charge in [-0.25, -0.2) is 0 Å². The van der Waals surface area contributed by atoms with Gasteiger partial charge in [-0.1, -0.05) is 97.1 Å². The molecule has 0 fully saturated rings. The van der Waals surface area contributed by atoms with Gasteiger partial charge < -0.3 is 13.5 Å². The second kappa shape index (κ2) is 9.03. The summed E-state index contributed by atoms with van der Waals surface area (Å²) in [6.45, 7) is 0. The molecule has 0 bridgehead atoms. The fourth-order valence-electron chi connectivity index (χ4n) is 8.89. The largest absolute Gasteiger partial charge is 0.308 e. The summed E-state index contributed by atoms with van der Waals surface area (Å²) in [5.41, 5.74) is 10.8. The molecule has 5 aromatic heterocycles. The molecule has 7 aromatic carbocycles. The van der Waals surface area contributed by atoms with Crippen LogP contribution in [0.25, 0.3) is 104 Å². The second-order valence-corrected chi connectivity index (χ2v) is 13.2. The molecule has 4 nitrogen and oxygen atoms in total. The highest BCUT2D eigenvalue weighted by atomic mass is 15.0. The lowest BCUT2D eigenvalue weighted by molar-refractivity contribution is 1.13. The van der Waals surface area contributed by atoms with Gasteiger partial charge >= 0.3 is 0 Å². The Bertz CT molecular complexity index is 3280. The zero-order valence-corrected chi connectivity index (χ0v) is 26.3. The summed E-state index contributed by atoms with van der Waals surface area (Å²) in [6, 6.07) is 53.5. The molecule has 0 N–H and O–H groups in total. The van der Waals surface area contributed by atoms with Gasteiger partial charge in [-0.2, -0.15) is 0 Å². The van der Waals surface area contributed by atoms with E-state index in [2.05, 4.69) is 164 Å². The quantitative estimate of drug-likeness (QED) is 0.188. The molecule has 0 radical (unpaired) electrons. The summed E-state index contributed by atoms with van der Waals surface area (Å²) < 4.78 is 7.38. The highest BCUT2D eigenvalue weighted by Crippen LogP contribution is 2.47. The predicted octanol–water partition coefficient (Wildman–Crippen LogP) is 11.6. The topological polar surface area (TPSA) is 27.2 Å². The first-order valence-electron chi connectivity index (χ1n) is 16.8.